The van der Waals surface area contributed by atoms with E-state index in [1.54, 1.807) is 18.4 Å². The number of hydrogen-bond donors (Lipinski definition) is 1. The minimum absolute atomic E-state index is 0.278. The summed E-state index contributed by atoms with van der Waals surface area (Å²) in [7, 11) is 1.72. The molecule has 0 aliphatic carbocycles. The first kappa shape index (κ1) is 15.7. The second-order valence-electron chi connectivity index (χ2n) is 5.10. The molecule has 0 aromatic carbocycles. The number of nitrogens with one attached hydrogen (secondary N) is 1. The Bertz CT molecular complexity index is 411. The smallest absolute Gasteiger partial charge is 0.186 e. The van der Waals surface area contributed by atoms with Gasteiger partial charge in [0.25, 0.3) is 0 Å². The highest BCUT2D eigenvalue weighted by Crippen LogP contribution is 2.28. The average molecular weight is 299 g/mol. The van der Waals surface area contributed by atoms with Crippen LogP contribution >= 0.6 is 11.3 Å². The number of rotatable bonds is 7. The van der Waals surface area contributed by atoms with E-state index >= 15 is 0 Å². The molecule has 1 aromatic rings. The Morgan fingerprint density at radius 3 is 3.10 bits per heavy atom. The first-order valence-corrected chi connectivity index (χ1v) is 8.11. The van der Waals surface area contributed by atoms with E-state index in [0.29, 0.717) is 6.61 Å². The van der Waals surface area contributed by atoms with E-state index in [1.807, 2.05) is 0 Å². The Labute approximate surface area is 125 Å². The molecule has 1 aliphatic rings. The van der Waals surface area contributed by atoms with Gasteiger partial charge < -0.3 is 19.7 Å². The van der Waals surface area contributed by atoms with Crippen LogP contribution in [0.25, 0.3) is 0 Å². The van der Waals surface area contributed by atoms with Crippen molar-refractivity contribution in [2.24, 2.45) is 0 Å². The van der Waals surface area contributed by atoms with Crippen LogP contribution in [0.3, 0.4) is 0 Å². The summed E-state index contributed by atoms with van der Waals surface area (Å²) in [5, 5.41) is 4.54. The molecule has 5 nitrogen and oxygen atoms in total. The van der Waals surface area contributed by atoms with Gasteiger partial charge in [-0.15, -0.1) is 11.3 Å². The molecule has 1 atom stereocenters. The molecule has 2 rings (SSSR count). The molecule has 0 bridgehead atoms. The second kappa shape index (κ2) is 7.93. The summed E-state index contributed by atoms with van der Waals surface area (Å²) in [4.78, 5) is 8.37. The van der Waals surface area contributed by atoms with Crippen molar-refractivity contribution in [1.82, 2.24) is 10.3 Å². The van der Waals surface area contributed by atoms with Crippen molar-refractivity contribution < 1.29 is 9.47 Å². The lowest BCUT2D eigenvalue weighted by Gasteiger charge is -2.30. The lowest BCUT2D eigenvalue weighted by Crippen LogP contribution is -2.41. The van der Waals surface area contributed by atoms with E-state index in [4.69, 9.17) is 14.5 Å². The van der Waals surface area contributed by atoms with Gasteiger partial charge in [0.2, 0.25) is 0 Å². The number of methoxy groups -OCH3 is 1. The van der Waals surface area contributed by atoms with Crippen LogP contribution in [0.4, 0.5) is 5.13 Å². The summed E-state index contributed by atoms with van der Waals surface area (Å²) >= 11 is 1.78. The standard InChI is InChI=1S/C14H25N3O2S/c1-4-5-15-8-13-12(10-18-3)16-14(20-13)17-6-7-19-11(2)9-17/h11,15H,4-10H2,1-3H3. The van der Waals surface area contributed by atoms with Gasteiger partial charge in [-0.25, -0.2) is 4.98 Å². The van der Waals surface area contributed by atoms with Crippen molar-refractivity contribution in [1.29, 1.82) is 0 Å². The van der Waals surface area contributed by atoms with Crippen molar-refractivity contribution in [2.45, 2.75) is 39.5 Å². The van der Waals surface area contributed by atoms with Gasteiger partial charge >= 0.3 is 0 Å². The Morgan fingerprint density at radius 1 is 1.55 bits per heavy atom. The first-order chi connectivity index (χ1) is 9.74. The van der Waals surface area contributed by atoms with Crippen LogP contribution in [0, 0.1) is 0 Å². The monoisotopic (exact) mass is 299 g/mol. The molecule has 1 N–H and O–H groups in total. The van der Waals surface area contributed by atoms with Gasteiger partial charge in [0.15, 0.2) is 5.13 Å². The number of nitrogens with zero attached hydrogens (tertiary/aromatic N) is 2. The van der Waals surface area contributed by atoms with Crippen LogP contribution in [0.1, 0.15) is 30.8 Å². The average Bonchev–Trinajstić information content (AvgIpc) is 2.83. The van der Waals surface area contributed by atoms with Crippen LogP contribution in [0.2, 0.25) is 0 Å². The van der Waals surface area contributed by atoms with E-state index in [1.165, 1.54) is 4.88 Å². The number of thiazole rings is 1. The van der Waals surface area contributed by atoms with Gasteiger partial charge in [-0.3, -0.25) is 0 Å². The molecule has 20 heavy (non-hydrogen) atoms. The molecule has 1 fully saturated rings. The van der Waals surface area contributed by atoms with E-state index < -0.39 is 0 Å². The number of anilines is 1. The van der Waals surface area contributed by atoms with Crippen molar-refractivity contribution >= 4 is 16.5 Å². The topological polar surface area (TPSA) is 46.6 Å². The summed E-state index contributed by atoms with van der Waals surface area (Å²) in [6.45, 7) is 9.41. The van der Waals surface area contributed by atoms with Gasteiger partial charge in [-0.1, -0.05) is 6.92 Å². The van der Waals surface area contributed by atoms with Crippen molar-refractivity contribution in [3.05, 3.63) is 10.6 Å². The van der Waals surface area contributed by atoms with Crippen molar-refractivity contribution in [3.8, 4) is 0 Å². The predicted octanol–water partition coefficient (Wildman–Crippen LogP) is 2.01. The normalized spacial score (nSPS) is 19.6. The molecule has 114 valence electrons. The van der Waals surface area contributed by atoms with Crippen molar-refractivity contribution in [2.75, 3.05) is 38.3 Å². The molecule has 1 saturated heterocycles. The largest absolute Gasteiger partial charge is 0.378 e. The highest BCUT2D eigenvalue weighted by molar-refractivity contribution is 7.15. The third-order valence-corrected chi connectivity index (χ3v) is 4.43. The quantitative estimate of drug-likeness (QED) is 0.781. The fraction of sp³-hybridized carbons (Fsp3) is 0.786. The Morgan fingerprint density at radius 2 is 2.40 bits per heavy atom. The number of morpholine rings is 1. The maximum atomic E-state index is 5.59. The van der Waals surface area contributed by atoms with E-state index in [-0.39, 0.29) is 6.10 Å². The summed E-state index contributed by atoms with van der Waals surface area (Å²) < 4.78 is 10.9. The summed E-state index contributed by atoms with van der Waals surface area (Å²) in [6, 6.07) is 0. The van der Waals surface area contributed by atoms with Gasteiger partial charge in [0.05, 0.1) is 25.0 Å². The molecule has 0 amide bonds. The summed E-state index contributed by atoms with van der Waals surface area (Å²) in [5.41, 5.74) is 1.07. The van der Waals surface area contributed by atoms with E-state index in [9.17, 15) is 0 Å². The molecule has 0 radical (unpaired) electrons. The van der Waals surface area contributed by atoms with Crippen LogP contribution in [0.15, 0.2) is 0 Å². The lowest BCUT2D eigenvalue weighted by molar-refractivity contribution is 0.0532. The molecule has 0 saturated carbocycles. The minimum Gasteiger partial charge on any atom is -0.378 e. The number of aromatic nitrogens is 1. The summed E-state index contributed by atoms with van der Waals surface area (Å²) in [6.07, 6.45) is 1.42. The van der Waals surface area contributed by atoms with Gasteiger partial charge in [-0.2, -0.15) is 0 Å². The fourth-order valence-electron chi connectivity index (χ4n) is 2.26. The van der Waals surface area contributed by atoms with Gasteiger partial charge in [0.1, 0.15) is 0 Å². The summed E-state index contributed by atoms with van der Waals surface area (Å²) in [5.74, 6) is 0. The molecule has 0 spiro atoms. The fourth-order valence-corrected chi connectivity index (χ4v) is 3.33. The van der Waals surface area contributed by atoms with E-state index in [0.717, 1.165) is 50.0 Å². The Kier molecular flexibility index (Phi) is 6.22. The van der Waals surface area contributed by atoms with Crippen LogP contribution in [-0.2, 0) is 22.6 Å². The highest BCUT2D eigenvalue weighted by Gasteiger charge is 2.21. The molecule has 1 aromatic heterocycles. The van der Waals surface area contributed by atoms with Crippen LogP contribution < -0.4 is 10.2 Å². The molecule has 6 heteroatoms. The van der Waals surface area contributed by atoms with Gasteiger partial charge in [-0.05, 0) is 19.9 Å². The van der Waals surface area contributed by atoms with Crippen LogP contribution in [0.5, 0.6) is 0 Å². The Hall–Kier alpha value is -0.690. The first-order valence-electron chi connectivity index (χ1n) is 7.29. The van der Waals surface area contributed by atoms with Crippen molar-refractivity contribution in [3.63, 3.8) is 0 Å². The zero-order valence-corrected chi connectivity index (χ0v) is 13.5. The maximum absolute atomic E-state index is 5.59. The highest BCUT2D eigenvalue weighted by atomic mass is 32.1. The third-order valence-electron chi connectivity index (χ3n) is 3.27. The zero-order valence-electron chi connectivity index (χ0n) is 12.6. The molecular weight excluding hydrogens is 274 g/mol. The Balaban J connectivity index is 2.06. The van der Waals surface area contributed by atoms with Crippen LogP contribution in [-0.4, -0.2) is 44.4 Å². The molecule has 2 heterocycles. The third kappa shape index (κ3) is 4.15. The van der Waals surface area contributed by atoms with Gasteiger partial charge in [0, 0.05) is 31.6 Å². The number of hydrogen-bond acceptors (Lipinski definition) is 6. The lowest BCUT2D eigenvalue weighted by atomic mass is 10.3. The molecular formula is C14H25N3O2S. The van der Waals surface area contributed by atoms with E-state index in [2.05, 4.69) is 24.1 Å². The zero-order chi connectivity index (χ0) is 14.4. The second-order valence-corrected chi connectivity index (χ2v) is 6.17. The minimum atomic E-state index is 0.278. The molecule has 1 unspecified atom stereocenters. The number of ether oxygens (including phenoxy) is 2. The maximum Gasteiger partial charge on any atom is 0.186 e. The SMILES string of the molecule is CCCNCc1sc(N2CCOC(C)C2)nc1COC. The predicted molar refractivity (Wildman–Crippen MR) is 82.5 cm³/mol. The molecule has 1 aliphatic heterocycles.